The van der Waals surface area contributed by atoms with E-state index in [2.05, 4.69) is 18.8 Å². The van der Waals surface area contributed by atoms with Crippen molar-refractivity contribution in [3.8, 4) is 0 Å². The van der Waals surface area contributed by atoms with E-state index in [4.69, 9.17) is 4.74 Å². The summed E-state index contributed by atoms with van der Waals surface area (Å²) in [7, 11) is 0. The summed E-state index contributed by atoms with van der Waals surface area (Å²) < 4.78 is 5.06. The van der Waals surface area contributed by atoms with Gasteiger partial charge in [0.1, 0.15) is 0 Å². The molecule has 1 fully saturated rings. The van der Waals surface area contributed by atoms with Crippen LogP contribution >= 0.6 is 0 Å². The van der Waals surface area contributed by atoms with Crippen LogP contribution in [0.3, 0.4) is 0 Å². The minimum atomic E-state index is 0.710. The molecule has 0 aromatic carbocycles. The average molecular weight is 183 g/mol. The molecule has 1 N–H and O–H groups in total. The van der Waals surface area contributed by atoms with Crippen LogP contribution in [0.15, 0.2) is 12.8 Å². The summed E-state index contributed by atoms with van der Waals surface area (Å²) in [6.07, 6.45) is 6.99. The summed E-state index contributed by atoms with van der Waals surface area (Å²) in [4.78, 5) is 0. The van der Waals surface area contributed by atoms with Crippen molar-refractivity contribution >= 4 is 0 Å². The third-order valence-corrected chi connectivity index (χ3v) is 2.86. The van der Waals surface area contributed by atoms with Crippen molar-refractivity contribution in [3.63, 3.8) is 0 Å². The van der Waals surface area contributed by atoms with Gasteiger partial charge in [-0.2, -0.15) is 0 Å². The molecule has 0 saturated heterocycles. The lowest BCUT2D eigenvalue weighted by molar-refractivity contribution is 0.221. The Balaban J connectivity index is 2.08. The van der Waals surface area contributed by atoms with Crippen LogP contribution in [0.2, 0.25) is 0 Å². The molecule has 0 bridgehead atoms. The van der Waals surface area contributed by atoms with Crippen LogP contribution in [0.4, 0.5) is 0 Å². The molecule has 2 atom stereocenters. The van der Waals surface area contributed by atoms with Crippen LogP contribution in [0.5, 0.6) is 0 Å². The van der Waals surface area contributed by atoms with E-state index in [1.165, 1.54) is 31.9 Å². The Hall–Kier alpha value is -0.500. The molecule has 0 aromatic rings. The van der Waals surface area contributed by atoms with E-state index in [1.807, 2.05) is 0 Å². The van der Waals surface area contributed by atoms with Crippen molar-refractivity contribution in [1.82, 2.24) is 5.32 Å². The van der Waals surface area contributed by atoms with E-state index < -0.39 is 0 Å². The molecular weight excluding hydrogens is 162 g/mol. The molecule has 0 amide bonds. The van der Waals surface area contributed by atoms with E-state index in [-0.39, 0.29) is 0 Å². The van der Waals surface area contributed by atoms with Crippen LogP contribution in [0, 0.1) is 5.92 Å². The highest BCUT2D eigenvalue weighted by Gasteiger charge is 2.19. The molecule has 2 unspecified atom stereocenters. The van der Waals surface area contributed by atoms with Gasteiger partial charge < -0.3 is 10.1 Å². The van der Waals surface area contributed by atoms with Gasteiger partial charge in [-0.1, -0.05) is 26.3 Å². The summed E-state index contributed by atoms with van der Waals surface area (Å²) in [5.74, 6) is 0.831. The fourth-order valence-electron chi connectivity index (χ4n) is 2.01. The lowest BCUT2D eigenvalue weighted by atomic mass is 9.86. The van der Waals surface area contributed by atoms with Crippen molar-refractivity contribution in [2.75, 3.05) is 13.2 Å². The minimum Gasteiger partial charge on any atom is -0.500 e. The maximum absolute atomic E-state index is 5.06. The average Bonchev–Trinajstić information content (AvgIpc) is 2.15. The van der Waals surface area contributed by atoms with Gasteiger partial charge in [-0.15, -0.1) is 0 Å². The number of rotatable bonds is 5. The molecule has 0 radical (unpaired) electrons. The molecule has 13 heavy (non-hydrogen) atoms. The van der Waals surface area contributed by atoms with Crippen LogP contribution in [0.25, 0.3) is 0 Å². The molecule has 0 spiro atoms. The molecule has 76 valence electrons. The first-order valence-corrected chi connectivity index (χ1v) is 5.30. The lowest BCUT2D eigenvalue weighted by Crippen LogP contribution is -2.38. The normalized spacial score (nSPS) is 28.4. The van der Waals surface area contributed by atoms with E-state index in [1.54, 1.807) is 0 Å². The first kappa shape index (κ1) is 10.6. The number of hydrogen-bond acceptors (Lipinski definition) is 2. The SMILES string of the molecule is C=COCCNC1CCCCC1C. The van der Waals surface area contributed by atoms with Gasteiger partial charge in [-0.3, -0.25) is 0 Å². The van der Waals surface area contributed by atoms with Gasteiger partial charge in [0.05, 0.1) is 12.9 Å². The third kappa shape index (κ3) is 3.81. The van der Waals surface area contributed by atoms with Gasteiger partial charge >= 0.3 is 0 Å². The smallest absolute Gasteiger partial charge is 0.0997 e. The summed E-state index contributed by atoms with van der Waals surface area (Å²) in [6, 6.07) is 0.710. The fraction of sp³-hybridized carbons (Fsp3) is 0.818. The Kier molecular flexibility index (Phi) is 4.91. The van der Waals surface area contributed by atoms with Crippen molar-refractivity contribution in [2.24, 2.45) is 5.92 Å². The first-order valence-electron chi connectivity index (χ1n) is 5.30. The van der Waals surface area contributed by atoms with Crippen LogP contribution in [-0.4, -0.2) is 19.2 Å². The topological polar surface area (TPSA) is 21.3 Å². The number of ether oxygens (including phenoxy) is 1. The van der Waals surface area contributed by atoms with Crippen LogP contribution in [0.1, 0.15) is 32.6 Å². The second-order valence-corrected chi connectivity index (χ2v) is 3.86. The molecule has 0 heterocycles. The molecule has 1 saturated carbocycles. The summed E-state index contributed by atoms with van der Waals surface area (Å²) in [5.41, 5.74) is 0. The molecule has 0 aliphatic heterocycles. The lowest BCUT2D eigenvalue weighted by Gasteiger charge is -2.29. The van der Waals surface area contributed by atoms with E-state index >= 15 is 0 Å². The van der Waals surface area contributed by atoms with E-state index in [0.29, 0.717) is 6.04 Å². The zero-order chi connectivity index (χ0) is 9.52. The van der Waals surface area contributed by atoms with Crippen molar-refractivity contribution in [1.29, 1.82) is 0 Å². The second kappa shape index (κ2) is 6.03. The summed E-state index contributed by atoms with van der Waals surface area (Å²) in [6.45, 7) is 7.54. The highest BCUT2D eigenvalue weighted by atomic mass is 16.5. The Labute approximate surface area is 81.4 Å². The molecule has 1 rings (SSSR count). The fourth-order valence-corrected chi connectivity index (χ4v) is 2.01. The predicted octanol–water partition coefficient (Wildman–Crippen LogP) is 2.31. The van der Waals surface area contributed by atoms with Crippen molar-refractivity contribution in [2.45, 2.75) is 38.6 Å². The van der Waals surface area contributed by atoms with Gasteiger partial charge in [-0.25, -0.2) is 0 Å². The van der Waals surface area contributed by atoms with Gasteiger partial charge in [0.25, 0.3) is 0 Å². The Morgan fingerprint density at radius 3 is 2.92 bits per heavy atom. The molecule has 2 heteroatoms. The Bertz CT molecular complexity index is 147. The highest BCUT2D eigenvalue weighted by Crippen LogP contribution is 2.23. The maximum atomic E-state index is 5.06. The van der Waals surface area contributed by atoms with Crippen LogP contribution in [-0.2, 0) is 4.74 Å². The standard InChI is InChI=1S/C11H21NO/c1-3-13-9-8-12-11-7-5-4-6-10(11)2/h3,10-12H,1,4-9H2,2H3. The number of nitrogens with one attached hydrogen (secondary N) is 1. The quantitative estimate of drug-likeness (QED) is 0.521. The highest BCUT2D eigenvalue weighted by molar-refractivity contribution is 4.77. The summed E-state index contributed by atoms with van der Waals surface area (Å²) >= 11 is 0. The molecule has 1 aliphatic carbocycles. The maximum Gasteiger partial charge on any atom is 0.0997 e. The van der Waals surface area contributed by atoms with E-state index in [9.17, 15) is 0 Å². The summed E-state index contributed by atoms with van der Waals surface area (Å²) in [5, 5.41) is 3.53. The van der Waals surface area contributed by atoms with Crippen LogP contribution < -0.4 is 5.32 Å². The third-order valence-electron chi connectivity index (χ3n) is 2.86. The van der Waals surface area contributed by atoms with E-state index in [0.717, 1.165) is 19.1 Å². The second-order valence-electron chi connectivity index (χ2n) is 3.86. The molecule has 2 nitrogen and oxygen atoms in total. The monoisotopic (exact) mass is 183 g/mol. The zero-order valence-corrected chi connectivity index (χ0v) is 8.59. The van der Waals surface area contributed by atoms with Gasteiger partial charge in [0, 0.05) is 12.6 Å². The minimum absolute atomic E-state index is 0.710. The van der Waals surface area contributed by atoms with Crippen molar-refractivity contribution < 1.29 is 4.74 Å². The van der Waals surface area contributed by atoms with Crippen molar-refractivity contribution in [3.05, 3.63) is 12.8 Å². The largest absolute Gasteiger partial charge is 0.500 e. The number of hydrogen-bond donors (Lipinski definition) is 1. The molecule has 1 aliphatic rings. The van der Waals surface area contributed by atoms with Gasteiger partial charge in [0.15, 0.2) is 0 Å². The van der Waals surface area contributed by atoms with Gasteiger partial charge in [0.2, 0.25) is 0 Å². The predicted molar refractivity (Wildman–Crippen MR) is 55.6 cm³/mol. The molecule has 0 aromatic heterocycles. The first-order chi connectivity index (χ1) is 6.34. The van der Waals surface area contributed by atoms with Gasteiger partial charge in [-0.05, 0) is 18.8 Å². The Morgan fingerprint density at radius 2 is 2.23 bits per heavy atom. The zero-order valence-electron chi connectivity index (χ0n) is 8.59. The Morgan fingerprint density at radius 1 is 1.46 bits per heavy atom. The molecular formula is C11H21NO.